The summed E-state index contributed by atoms with van der Waals surface area (Å²) in [6.07, 6.45) is 2.19. The number of amides is 2. The van der Waals surface area contributed by atoms with Gasteiger partial charge in [0.25, 0.3) is 0 Å². The van der Waals surface area contributed by atoms with Gasteiger partial charge in [-0.1, -0.05) is 60.7 Å². The molecular weight excluding hydrogens is 318 g/mol. The maximum atomic E-state index is 13.1. The van der Waals surface area contributed by atoms with Gasteiger partial charge in [-0.25, -0.2) is 9.69 Å². The minimum absolute atomic E-state index is 0.169. The molecule has 3 atom stereocenters. The highest BCUT2D eigenvalue weighted by atomic mass is 16.6. The van der Waals surface area contributed by atoms with E-state index in [1.807, 2.05) is 60.7 Å². The van der Waals surface area contributed by atoms with E-state index in [4.69, 9.17) is 9.47 Å². The van der Waals surface area contributed by atoms with Crippen molar-refractivity contribution in [2.24, 2.45) is 5.92 Å². The van der Waals surface area contributed by atoms with Crippen molar-refractivity contribution in [2.75, 3.05) is 6.61 Å². The summed E-state index contributed by atoms with van der Waals surface area (Å²) >= 11 is 0. The number of benzene rings is 2. The number of ether oxygens (including phenoxy) is 2. The van der Waals surface area contributed by atoms with Crippen LogP contribution in [0.15, 0.2) is 73.0 Å². The van der Waals surface area contributed by atoms with Crippen LogP contribution in [-0.2, 0) is 14.3 Å². The second-order valence-electron chi connectivity index (χ2n) is 6.03. The van der Waals surface area contributed by atoms with Crippen molar-refractivity contribution in [3.8, 4) is 0 Å². The molecule has 0 radical (unpaired) electrons. The number of carbonyl (C=O) groups excluding carboxylic acids is 2. The van der Waals surface area contributed by atoms with Gasteiger partial charge in [-0.2, -0.15) is 0 Å². The molecule has 0 saturated carbocycles. The SMILES string of the molecule is O=C1OC[C@@H](c2ccccc2)N1C(=O)[C@H]1C=CO[C@H]1c1ccccc1. The minimum Gasteiger partial charge on any atom is -0.492 e. The molecule has 4 rings (SSSR count). The lowest BCUT2D eigenvalue weighted by Gasteiger charge is -2.25. The van der Waals surface area contributed by atoms with E-state index in [2.05, 4.69) is 0 Å². The molecule has 25 heavy (non-hydrogen) atoms. The molecule has 5 nitrogen and oxygen atoms in total. The molecule has 2 aliphatic rings. The maximum absolute atomic E-state index is 13.1. The molecule has 2 aliphatic heterocycles. The smallest absolute Gasteiger partial charge is 0.417 e. The van der Waals surface area contributed by atoms with Crippen molar-refractivity contribution in [1.82, 2.24) is 4.90 Å². The van der Waals surface area contributed by atoms with Crippen LogP contribution in [0.1, 0.15) is 23.3 Å². The summed E-state index contributed by atoms with van der Waals surface area (Å²) in [6, 6.07) is 18.6. The molecule has 2 heterocycles. The van der Waals surface area contributed by atoms with Gasteiger partial charge >= 0.3 is 6.09 Å². The molecule has 2 aromatic carbocycles. The molecular formula is C20H17NO4. The van der Waals surface area contributed by atoms with Crippen LogP contribution in [0.3, 0.4) is 0 Å². The molecule has 0 N–H and O–H groups in total. The Morgan fingerprint density at radius 1 is 0.960 bits per heavy atom. The van der Waals surface area contributed by atoms with E-state index < -0.39 is 24.2 Å². The van der Waals surface area contributed by atoms with Crippen molar-refractivity contribution in [3.05, 3.63) is 84.1 Å². The Balaban J connectivity index is 1.62. The first-order chi connectivity index (χ1) is 12.3. The third-order valence-electron chi connectivity index (χ3n) is 4.55. The Labute approximate surface area is 145 Å². The summed E-state index contributed by atoms with van der Waals surface area (Å²) in [6.45, 7) is 0.169. The average Bonchev–Trinajstić information content (AvgIpc) is 3.29. The summed E-state index contributed by atoms with van der Waals surface area (Å²) in [5, 5.41) is 0. The lowest BCUT2D eigenvalue weighted by molar-refractivity contribution is -0.134. The second kappa shape index (κ2) is 6.43. The van der Waals surface area contributed by atoms with E-state index in [-0.39, 0.29) is 12.5 Å². The van der Waals surface area contributed by atoms with Crippen molar-refractivity contribution in [3.63, 3.8) is 0 Å². The molecule has 2 amide bonds. The Kier molecular flexibility index (Phi) is 3.98. The van der Waals surface area contributed by atoms with Gasteiger partial charge in [0.1, 0.15) is 24.7 Å². The van der Waals surface area contributed by atoms with Crippen LogP contribution < -0.4 is 0 Å². The van der Waals surface area contributed by atoms with Gasteiger partial charge < -0.3 is 9.47 Å². The number of cyclic esters (lactones) is 1. The fourth-order valence-corrected chi connectivity index (χ4v) is 3.29. The molecule has 2 aromatic rings. The van der Waals surface area contributed by atoms with Crippen LogP contribution in [0.2, 0.25) is 0 Å². The number of nitrogens with zero attached hydrogens (tertiary/aromatic N) is 1. The minimum atomic E-state index is -0.606. The van der Waals surface area contributed by atoms with Gasteiger partial charge in [0.15, 0.2) is 0 Å². The Bertz CT molecular complexity index is 803. The molecule has 1 fully saturated rings. The number of imide groups is 1. The van der Waals surface area contributed by atoms with E-state index in [0.29, 0.717) is 0 Å². The molecule has 1 saturated heterocycles. The van der Waals surface area contributed by atoms with Crippen LogP contribution in [-0.4, -0.2) is 23.5 Å². The van der Waals surface area contributed by atoms with Crippen LogP contribution in [0, 0.1) is 5.92 Å². The fraction of sp³-hybridized carbons (Fsp3) is 0.200. The third-order valence-corrected chi connectivity index (χ3v) is 4.55. The summed E-state index contributed by atoms with van der Waals surface area (Å²) in [4.78, 5) is 26.6. The number of hydrogen-bond acceptors (Lipinski definition) is 4. The zero-order valence-electron chi connectivity index (χ0n) is 13.4. The van der Waals surface area contributed by atoms with Gasteiger partial charge in [-0.3, -0.25) is 4.79 Å². The normalized spacial score (nSPS) is 24.9. The van der Waals surface area contributed by atoms with Crippen molar-refractivity contribution < 1.29 is 19.1 Å². The van der Waals surface area contributed by atoms with Crippen LogP contribution in [0.5, 0.6) is 0 Å². The summed E-state index contributed by atoms with van der Waals surface area (Å²) < 4.78 is 10.8. The lowest BCUT2D eigenvalue weighted by Crippen LogP contribution is -2.39. The summed E-state index contributed by atoms with van der Waals surface area (Å²) in [5.41, 5.74) is 1.77. The maximum Gasteiger partial charge on any atom is 0.417 e. The van der Waals surface area contributed by atoms with E-state index in [9.17, 15) is 9.59 Å². The largest absolute Gasteiger partial charge is 0.492 e. The van der Waals surface area contributed by atoms with Gasteiger partial charge in [0, 0.05) is 0 Å². The third kappa shape index (κ3) is 2.78. The summed E-state index contributed by atoms with van der Waals surface area (Å²) in [5.74, 6) is -0.863. The predicted octanol–water partition coefficient (Wildman–Crippen LogP) is 3.61. The number of carbonyl (C=O) groups is 2. The van der Waals surface area contributed by atoms with Gasteiger partial charge in [-0.05, 0) is 17.2 Å². The standard InChI is InChI=1S/C20H17NO4/c22-19(16-11-12-24-18(16)15-9-5-2-6-10-15)21-17(13-25-20(21)23)14-7-3-1-4-8-14/h1-12,16-18H,13H2/t16-,17-,18-/m0/s1. The van der Waals surface area contributed by atoms with E-state index in [1.165, 1.54) is 11.2 Å². The first-order valence-electron chi connectivity index (χ1n) is 8.17. The average molecular weight is 335 g/mol. The highest BCUT2D eigenvalue weighted by molar-refractivity contribution is 5.96. The zero-order chi connectivity index (χ0) is 17.2. The first kappa shape index (κ1) is 15.4. The molecule has 0 aliphatic carbocycles. The Morgan fingerprint density at radius 2 is 1.60 bits per heavy atom. The highest BCUT2D eigenvalue weighted by Gasteiger charge is 2.44. The van der Waals surface area contributed by atoms with E-state index in [1.54, 1.807) is 6.08 Å². The van der Waals surface area contributed by atoms with Gasteiger partial charge in [0.2, 0.25) is 5.91 Å². The van der Waals surface area contributed by atoms with Gasteiger partial charge in [0.05, 0.1) is 6.26 Å². The fourth-order valence-electron chi connectivity index (χ4n) is 3.29. The zero-order valence-corrected chi connectivity index (χ0v) is 13.4. The van der Waals surface area contributed by atoms with Crippen molar-refractivity contribution in [1.29, 1.82) is 0 Å². The topological polar surface area (TPSA) is 55.8 Å². The molecule has 5 heteroatoms. The Hall–Kier alpha value is -3.08. The van der Waals surface area contributed by atoms with Crippen LogP contribution >= 0.6 is 0 Å². The summed E-state index contributed by atoms with van der Waals surface area (Å²) in [7, 11) is 0. The monoisotopic (exact) mass is 335 g/mol. The molecule has 0 bridgehead atoms. The van der Waals surface area contributed by atoms with Crippen molar-refractivity contribution in [2.45, 2.75) is 12.1 Å². The van der Waals surface area contributed by atoms with Crippen LogP contribution in [0.4, 0.5) is 4.79 Å². The van der Waals surface area contributed by atoms with Crippen molar-refractivity contribution >= 4 is 12.0 Å². The lowest BCUT2D eigenvalue weighted by atomic mass is 9.94. The number of rotatable bonds is 3. The quantitative estimate of drug-likeness (QED) is 0.860. The first-order valence-corrected chi connectivity index (χ1v) is 8.17. The molecule has 0 unspecified atom stereocenters. The van der Waals surface area contributed by atoms with Crippen LogP contribution in [0.25, 0.3) is 0 Å². The number of hydrogen-bond donors (Lipinski definition) is 0. The van der Waals surface area contributed by atoms with E-state index in [0.717, 1.165) is 11.1 Å². The molecule has 126 valence electrons. The Morgan fingerprint density at radius 3 is 2.28 bits per heavy atom. The van der Waals surface area contributed by atoms with Gasteiger partial charge in [-0.15, -0.1) is 0 Å². The molecule has 0 spiro atoms. The van der Waals surface area contributed by atoms with E-state index >= 15 is 0 Å². The highest BCUT2D eigenvalue weighted by Crippen LogP contribution is 2.37. The molecule has 0 aromatic heterocycles. The second-order valence-corrected chi connectivity index (χ2v) is 6.03. The predicted molar refractivity (Wildman–Crippen MR) is 90.3 cm³/mol.